The summed E-state index contributed by atoms with van der Waals surface area (Å²) >= 11 is 0. The van der Waals surface area contributed by atoms with Gasteiger partial charge in [0, 0.05) is 25.1 Å². The van der Waals surface area contributed by atoms with E-state index in [1.165, 1.54) is 14.2 Å². The van der Waals surface area contributed by atoms with Crippen molar-refractivity contribution >= 4 is 29.3 Å². The maximum absolute atomic E-state index is 13.2. The fourth-order valence-corrected chi connectivity index (χ4v) is 4.55. The number of amides is 2. The van der Waals surface area contributed by atoms with Crippen molar-refractivity contribution in [3.63, 3.8) is 0 Å². The largest absolute Gasteiger partial charge is 0.497 e. The molecule has 4 rings (SSSR count). The summed E-state index contributed by atoms with van der Waals surface area (Å²) in [7, 11) is 3.00. The average molecular weight is 456 g/mol. The van der Waals surface area contributed by atoms with Crippen molar-refractivity contribution in [1.82, 2.24) is 9.97 Å². The van der Waals surface area contributed by atoms with Crippen molar-refractivity contribution in [3.05, 3.63) is 34.1 Å². The highest BCUT2D eigenvalue weighted by atomic mass is 16.5. The maximum atomic E-state index is 13.2. The lowest BCUT2D eigenvalue weighted by Gasteiger charge is -2.36. The number of aromatic amines is 1. The second kappa shape index (κ2) is 9.51. The number of ether oxygens (including phenoxy) is 2. The van der Waals surface area contributed by atoms with Crippen LogP contribution >= 0.6 is 0 Å². The van der Waals surface area contributed by atoms with Gasteiger partial charge < -0.3 is 25.0 Å². The predicted molar refractivity (Wildman–Crippen MR) is 124 cm³/mol. The zero-order chi connectivity index (χ0) is 23.5. The van der Waals surface area contributed by atoms with Crippen LogP contribution in [0.2, 0.25) is 0 Å². The predicted octanol–water partition coefficient (Wildman–Crippen LogP) is 2.62. The number of nitrogens with zero attached hydrogens (tertiary/aromatic N) is 2. The molecule has 1 aromatic carbocycles. The Labute approximate surface area is 191 Å². The first kappa shape index (κ1) is 22.6. The average Bonchev–Trinajstić information content (AvgIpc) is 2.82. The van der Waals surface area contributed by atoms with Gasteiger partial charge in [-0.1, -0.05) is 6.92 Å². The Morgan fingerprint density at radius 1 is 1.24 bits per heavy atom. The molecular formula is C23H29N5O5. The smallest absolute Gasteiger partial charge is 0.258 e. The number of nitrogens with one attached hydrogen (secondary N) is 3. The molecule has 0 bridgehead atoms. The van der Waals surface area contributed by atoms with Crippen LogP contribution in [0, 0.1) is 0 Å². The lowest BCUT2D eigenvalue weighted by molar-refractivity contribution is -0.123. The van der Waals surface area contributed by atoms with Gasteiger partial charge in [0.05, 0.1) is 31.4 Å². The molecule has 3 heterocycles. The third-order valence-corrected chi connectivity index (χ3v) is 6.29. The first-order valence-corrected chi connectivity index (χ1v) is 11.2. The summed E-state index contributed by atoms with van der Waals surface area (Å²) in [5.74, 6) is -0.313. The first-order chi connectivity index (χ1) is 15.9. The van der Waals surface area contributed by atoms with E-state index in [0.29, 0.717) is 23.1 Å². The number of carbonyl (C=O) groups excluding carboxylic acids is 2. The van der Waals surface area contributed by atoms with E-state index in [1.54, 1.807) is 18.2 Å². The summed E-state index contributed by atoms with van der Waals surface area (Å²) in [5.41, 5.74) is 0.116. The molecule has 0 radical (unpaired) electrons. The van der Waals surface area contributed by atoms with Crippen LogP contribution in [0.5, 0.6) is 11.5 Å². The second-order valence-electron chi connectivity index (χ2n) is 8.26. The van der Waals surface area contributed by atoms with Crippen LogP contribution in [-0.2, 0) is 9.59 Å². The van der Waals surface area contributed by atoms with Crippen LogP contribution in [0.4, 0.5) is 17.5 Å². The standard InChI is InChI=1S/C23H29N5O5/c1-4-13-7-5-6-10-28(13)23-26-20-19(22(31)27-23)15(12-18(29)25-20)21(30)24-16-11-14(32-2)8-9-17(16)33-3/h8-9,11,13,15H,4-7,10,12H2,1-3H3,(H,24,30)(H2,25,26,27,29,31)/t13-,15+/m1/s1. The van der Waals surface area contributed by atoms with Crippen LogP contribution in [0.25, 0.3) is 0 Å². The number of methoxy groups -OCH3 is 2. The lowest BCUT2D eigenvalue weighted by Crippen LogP contribution is -2.43. The Balaban J connectivity index is 1.67. The van der Waals surface area contributed by atoms with E-state index in [1.807, 2.05) is 0 Å². The fourth-order valence-electron chi connectivity index (χ4n) is 4.55. The number of hydrogen-bond acceptors (Lipinski definition) is 7. The number of rotatable bonds is 6. The van der Waals surface area contributed by atoms with Crippen molar-refractivity contribution in [2.75, 3.05) is 36.3 Å². The molecule has 1 fully saturated rings. The van der Waals surface area contributed by atoms with Gasteiger partial charge in [0.25, 0.3) is 5.56 Å². The zero-order valence-electron chi connectivity index (χ0n) is 19.1. The molecule has 2 aliphatic rings. The summed E-state index contributed by atoms with van der Waals surface area (Å²) in [6.07, 6.45) is 3.95. The number of H-pyrrole nitrogens is 1. The fraction of sp³-hybridized carbons (Fsp3) is 0.478. The number of carbonyl (C=O) groups is 2. The quantitative estimate of drug-likeness (QED) is 0.611. The van der Waals surface area contributed by atoms with Crippen molar-refractivity contribution in [2.45, 2.75) is 51.0 Å². The maximum Gasteiger partial charge on any atom is 0.258 e. The van der Waals surface area contributed by atoms with E-state index in [-0.39, 0.29) is 29.8 Å². The van der Waals surface area contributed by atoms with E-state index < -0.39 is 17.4 Å². The van der Waals surface area contributed by atoms with Crippen molar-refractivity contribution in [3.8, 4) is 11.5 Å². The van der Waals surface area contributed by atoms with Gasteiger partial charge in [-0.05, 0) is 37.8 Å². The number of aromatic nitrogens is 2. The minimum atomic E-state index is -0.988. The number of anilines is 3. The van der Waals surface area contributed by atoms with E-state index in [2.05, 4.69) is 32.4 Å². The van der Waals surface area contributed by atoms with Gasteiger partial charge >= 0.3 is 0 Å². The molecule has 2 atom stereocenters. The lowest BCUT2D eigenvalue weighted by atomic mass is 9.92. The molecular weight excluding hydrogens is 426 g/mol. The third kappa shape index (κ3) is 4.50. The van der Waals surface area contributed by atoms with Crippen molar-refractivity contribution in [2.24, 2.45) is 0 Å². The summed E-state index contributed by atoms with van der Waals surface area (Å²) in [4.78, 5) is 48.3. The highest BCUT2D eigenvalue weighted by Crippen LogP contribution is 2.34. The molecule has 3 N–H and O–H groups in total. The van der Waals surface area contributed by atoms with Crippen molar-refractivity contribution in [1.29, 1.82) is 0 Å². The summed E-state index contributed by atoms with van der Waals surface area (Å²) in [6, 6.07) is 5.27. The number of fused-ring (bicyclic) bond motifs is 1. The van der Waals surface area contributed by atoms with Crippen LogP contribution in [0.15, 0.2) is 23.0 Å². The Kier molecular flexibility index (Phi) is 6.52. The normalized spacial score (nSPS) is 20.0. The van der Waals surface area contributed by atoms with E-state index >= 15 is 0 Å². The van der Waals surface area contributed by atoms with Crippen LogP contribution < -0.4 is 30.6 Å². The molecule has 176 valence electrons. The minimum Gasteiger partial charge on any atom is -0.497 e. The molecule has 33 heavy (non-hydrogen) atoms. The topological polar surface area (TPSA) is 126 Å². The summed E-state index contributed by atoms with van der Waals surface area (Å²) < 4.78 is 10.5. The molecule has 1 saturated heterocycles. The molecule has 10 heteroatoms. The highest BCUT2D eigenvalue weighted by Gasteiger charge is 2.36. The molecule has 0 spiro atoms. The van der Waals surface area contributed by atoms with Gasteiger partial charge in [0.15, 0.2) is 0 Å². The Hall–Kier alpha value is -3.56. The molecule has 0 unspecified atom stereocenters. The number of benzene rings is 1. The SMILES string of the molecule is CC[C@@H]1CCCCN1c1nc2c(c(=O)[nH]1)[C@@H](C(=O)Nc1cc(OC)ccc1OC)CC(=O)N2. The first-order valence-electron chi connectivity index (χ1n) is 11.2. The van der Waals surface area contributed by atoms with Gasteiger partial charge in [0.2, 0.25) is 17.8 Å². The van der Waals surface area contributed by atoms with Gasteiger partial charge in [0.1, 0.15) is 17.3 Å². The molecule has 2 aliphatic heterocycles. The van der Waals surface area contributed by atoms with Crippen LogP contribution in [0.3, 0.4) is 0 Å². The minimum absolute atomic E-state index is 0.142. The van der Waals surface area contributed by atoms with Crippen molar-refractivity contribution < 1.29 is 19.1 Å². The van der Waals surface area contributed by atoms with Gasteiger partial charge in [-0.3, -0.25) is 19.4 Å². The third-order valence-electron chi connectivity index (χ3n) is 6.29. The Bertz CT molecular complexity index is 1110. The summed E-state index contributed by atoms with van der Waals surface area (Å²) in [5, 5.41) is 5.45. The van der Waals surface area contributed by atoms with E-state index in [9.17, 15) is 14.4 Å². The van der Waals surface area contributed by atoms with Gasteiger partial charge in [-0.2, -0.15) is 4.98 Å². The molecule has 0 aliphatic carbocycles. The zero-order valence-corrected chi connectivity index (χ0v) is 19.1. The van der Waals surface area contributed by atoms with Gasteiger partial charge in [-0.15, -0.1) is 0 Å². The molecule has 2 amide bonds. The Morgan fingerprint density at radius 3 is 2.79 bits per heavy atom. The highest BCUT2D eigenvalue weighted by molar-refractivity contribution is 6.05. The summed E-state index contributed by atoms with van der Waals surface area (Å²) in [6.45, 7) is 2.89. The van der Waals surface area contributed by atoms with E-state index in [4.69, 9.17) is 9.47 Å². The number of hydrogen-bond donors (Lipinski definition) is 3. The number of piperidine rings is 1. The molecule has 2 aromatic rings. The Morgan fingerprint density at radius 2 is 2.06 bits per heavy atom. The monoisotopic (exact) mass is 455 g/mol. The molecule has 1 aromatic heterocycles. The van der Waals surface area contributed by atoms with Gasteiger partial charge in [-0.25, -0.2) is 0 Å². The van der Waals surface area contributed by atoms with Crippen LogP contribution in [0.1, 0.15) is 50.5 Å². The molecule has 0 saturated carbocycles. The van der Waals surface area contributed by atoms with Crippen LogP contribution in [-0.4, -0.2) is 48.6 Å². The second-order valence-corrected chi connectivity index (χ2v) is 8.26. The van der Waals surface area contributed by atoms with E-state index in [0.717, 1.165) is 32.2 Å². The molecule has 10 nitrogen and oxygen atoms in total.